The number of hydrogen-bond donors (Lipinski definition) is 1. The Labute approximate surface area is 167 Å². The number of carbonyl (C=O) groups excluding carboxylic acids is 1. The summed E-state index contributed by atoms with van der Waals surface area (Å²) in [4.78, 5) is 12.8. The SMILES string of the molecule is Cc1ccc(C(CC(=O)c2ccc(Br)cc2)Nc2cccc(Cl)c2)cc1. The lowest BCUT2D eigenvalue weighted by molar-refractivity contribution is 0.0976. The molecular formula is C22H19BrClNO. The van der Waals surface area contributed by atoms with Crippen LogP contribution in [0.1, 0.15) is 33.9 Å². The molecule has 0 radical (unpaired) electrons. The highest BCUT2D eigenvalue weighted by atomic mass is 79.9. The van der Waals surface area contributed by atoms with Gasteiger partial charge in [0.1, 0.15) is 0 Å². The number of ketones is 1. The summed E-state index contributed by atoms with van der Waals surface area (Å²) in [6, 6.07) is 23.1. The molecule has 0 bridgehead atoms. The first-order valence-electron chi connectivity index (χ1n) is 8.39. The molecule has 0 saturated carbocycles. The van der Waals surface area contributed by atoms with Gasteiger partial charge in [-0.25, -0.2) is 0 Å². The predicted octanol–water partition coefficient (Wildman–Crippen LogP) is 6.84. The van der Waals surface area contributed by atoms with Gasteiger partial charge in [-0.05, 0) is 42.8 Å². The summed E-state index contributed by atoms with van der Waals surface area (Å²) in [6.07, 6.45) is 0.358. The third-order valence-corrected chi connectivity index (χ3v) is 4.96. The van der Waals surface area contributed by atoms with Gasteiger partial charge in [-0.15, -0.1) is 0 Å². The number of nitrogens with one attached hydrogen (secondary N) is 1. The minimum absolute atomic E-state index is 0.0950. The zero-order valence-electron chi connectivity index (χ0n) is 14.4. The number of anilines is 1. The highest BCUT2D eigenvalue weighted by molar-refractivity contribution is 9.10. The number of benzene rings is 3. The van der Waals surface area contributed by atoms with Gasteiger partial charge in [0.25, 0.3) is 0 Å². The summed E-state index contributed by atoms with van der Waals surface area (Å²) in [5.41, 5.74) is 3.86. The summed E-state index contributed by atoms with van der Waals surface area (Å²) in [7, 11) is 0. The molecule has 0 fully saturated rings. The molecule has 26 heavy (non-hydrogen) atoms. The Kier molecular flexibility index (Phi) is 6.12. The van der Waals surface area contributed by atoms with Crippen LogP contribution in [0.2, 0.25) is 5.02 Å². The van der Waals surface area contributed by atoms with Gasteiger partial charge in [-0.2, -0.15) is 0 Å². The summed E-state index contributed by atoms with van der Waals surface area (Å²) in [6.45, 7) is 2.05. The van der Waals surface area contributed by atoms with E-state index in [2.05, 4.69) is 52.4 Å². The fraction of sp³-hybridized carbons (Fsp3) is 0.136. The third-order valence-electron chi connectivity index (χ3n) is 4.20. The second-order valence-corrected chi connectivity index (χ2v) is 7.60. The van der Waals surface area contributed by atoms with Crippen LogP contribution in [0.15, 0.2) is 77.3 Å². The van der Waals surface area contributed by atoms with E-state index in [0.29, 0.717) is 17.0 Å². The molecular weight excluding hydrogens is 410 g/mol. The van der Waals surface area contributed by atoms with Crippen LogP contribution in [0.3, 0.4) is 0 Å². The Balaban J connectivity index is 1.85. The molecule has 3 aromatic carbocycles. The number of halogens is 2. The first kappa shape index (κ1) is 18.7. The quantitative estimate of drug-likeness (QED) is 0.436. The Morgan fingerprint density at radius 2 is 1.73 bits per heavy atom. The van der Waals surface area contributed by atoms with Crippen LogP contribution in [-0.4, -0.2) is 5.78 Å². The molecule has 4 heteroatoms. The smallest absolute Gasteiger partial charge is 0.165 e. The lowest BCUT2D eigenvalue weighted by Crippen LogP contribution is -2.16. The predicted molar refractivity (Wildman–Crippen MR) is 112 cm³/mol. The van der Waals surface area contributed by atoms with Crippen LogP contribution in [-0.2, 0) is 0 Å². The van der Waals surface area contributed by atoms with Crippen molar-refractivity contribution >= 4 is 39.0 Å². The molecule has 3 rings (SSSR count). The van der Waals surface area contributed by atoms with Crippen molar-refractivity contribution < 1.29 is 4.79 Å². The van der Waals surface area contributed by atoms with E-state index in [1.54, 1.807) is 0 Å². The second-order valence-electron chi connectivity index (χ2n) is 6.25. The van der Waals surface area contributed by atoms with Gasteiger partial charge >= 0.3 is 0 Å². The molecule has 0 aromatic heterocycles. The monoisotopic (exact) mass is 427 g/mol. The van der Waals surface area contributed by atoms with Gasteiger partial charge in [0, 0.05) is 27.2 Å². The summed E-state index contributed by atoms with van der Waals surface area (Å²) in [5.74, 6) is 0.0950. The van der Waals surface area contributed by atoms with Crippen molar-refractivity contribution in [1.29, 1.82) is 0 Å². The lowest BCUT2D eigenvalue weighted by atomic mass is 9.97. The molecule has 1 N–H and O–H groups in total. The molecule has 0 heterocycles. The molecule has 0 saturated heterocycles. The van der Waals surface area contributed by atoms with E-state index in [1.807, 2.05) is 48.5 Å². The van der Waals surface area contributed by atoms with E-state index in [4.69, 9.17) is 11.6 Å². The van der Waals surface area contributed by atoms with E-state index in [-0.39, 0.29) is 11.8 Å². The van der Waals surface area contributed by atoms with Gasteiger partial charge in [0.05, 0.1) is 6.04 Å². The Hall–Kier alpha value is -2.10. The molecule has 0 aliphatic carbocycles. The average molecular weight is 429 g/mol. The lowest BCUT2D eigenvalue weighted by Gasteiger charge is -2.20. The molecule has 1 atom stereocenters. The average Bonchev–Trinajstić information content (AvgIpc) is 2.62. The minimum atomic E-state index is -0.134. The van der Waals surface area contributed by atoms with E-state index in [0.717, 1.165) is 15.7 Å². The van der Waals surface area contributed by atoms with Gasteiger partial charge in [-0.3, -0.25) is 4.79 Å². The standard InChI is InChI=1S/C22H19BrClNO/c1-15-5-7-16(8-6-15)21(25-20-4-2-3-19(24)13-20)14-22(26)17-9-11-18(23)12-10-17/h2-13,21,25H,14H2,1H3. The van der Waals surface area contributed by atoms with Crippen LogP contribution >= 0.6 is 27.5 Å². The maximum Gasteiger partial charge on any atom is 0.165 e. The number of Topliss-reactive ketones (excluding diaryl/α,β-unsaturated/α-hetero) is 1. The van der Waals surface area contributed by atoms with Crippen molar-refractivity contribution in [3.8, 4) is 0 Å². The van der Waals surface area contributed by atoms with Crippen LogP contribution in [0.5, 0.6) is 0 Å². The largest absolute Gasteiger partial charge is 0.378 e. The Morgan fingerprint density at radius 3 is 2.38 bits per heavy atom. The normalized spacial score (nSPS) is 11.8. The van der Waals surface area contributed by atoms with Crippen LogP contribution in [0.4, 0.5) is 5.69 Å². The number of aryl methyl sites for hydroxylation is 1. The number of carbonyl (C=O) groups is 1. The maximum atomic E-state index is 12.8. The van der Waals surface area contributed by atoms with Gasteiger partial charge < -0.3 is 5.32 Å². The molecule has 0 spiro atoms. The zero-order chi connectivity index (χ0) is 18.5. The van der Waals surface area contributed by atoms with Crippen molar-refractivity contribution in [3.05, 3.63) is 99.0 Å². The van der Waals surface area contributed by atoms with Crippen molar-refractivity contribution in [2.24, 2.45) is 0 Å². The topological polar surface area (TPSA) is 29.1 Å². The van der Waals surface area contributed by atoms with Crippen LogP contribution in [0, 0.1) is 6.92 Å². The molecule has 0 aliphatic heterocycles. The molecule has 132 valence electrons. The van der Waals surface area contributed by atoms with Crippen molar-refractivity contribution in [1.82, 2.24) is 0 Å². The molecule has 1 unspecified atom stereocenters. The molecule has 0 amide bonds. The fourth-order valence-corrected chi connectivity index (χ4v) is 3.22. The summed E-state index contributed by atoms with van der Waals surface area (Å²) < 4.78 is 0.959. The van der Waals surface area contributed by atoms with Crippen LogP contribution < -0.4 is 5.32 Å². The first-order valence-corrected chi connectivity index (χ1v) is 9.56. The minimum Gasteiger partial charge on any atom is -0.378 e. The Morgan fingerprint density at radius 1 is 1.04 bits per heavy atom. The summed E-state index contributed by atoms with van der Waals surface area (Å²) in [5, 5.41) is 4.12. The fourth-order valence-electron chi connectivity index (χ4n) is 2.77. The Bertz CT molecular complexity index is 891. The van der Waals surface area contributed by atoms with Gasteiger partial charge in [-0.1, -0.05) is 75.6 Å². The highest BCUT2D eigenvalue weighted by Crippen LogP contribution is 2.26. The van der Waals surface area contributed by atoms with E-state index in [9.17, 15) is 4.79 Å². The van der Waals surface area contributed by atoms with E-state index >= 15 is 0 Å². The van der Waals surface area contributed by atoms with Gasteiger partial charge in [0.15, 0.2) is 5.78 Å². The van der Waals surface area contributed by atoms with Crippen molar-refractivity contribution in [2.45, 2.75) is 19.4 Å². The first-order chi connectivity index (χ1) is 12.5. The van der Waals surface area contributed by atoms with Gasteiger partial charge in [0.2, 0.25) is 0 Å². The molecule has 2 nitrogen and oxygen atoms in total. The number of hydrogen-bond acceptors (Lipinski definition) is 2. The number of rotatable bonds is 6. The molecule has 3 aromatic rings. The second kappa shape index (κ2) is 8.52. The van der Waals surface area contributed by atoms with Crippen molar-refractivity contribution in [2.75, 3.05) is 5.32 Å². The zero-order valence-corrected chi connectivity index (χ0v) is 16.7. The third kappa shape index (κ3) is 4.96. The highest BCUT2D eigenvalue weighted by Gasteiger charge is 2.17. The maximum absolute atomic E-state index is 12.8. The molecule has 0 aliphatic rings. The van der Waals surface area contributed by atoms with E-state index < -0.39 is 0 Å². The van der Waals surface area contributed by atoms with Crippen LogP contribution in [0.25, 0.3) is 0 Å². The summed E-state index contributed by atoms with van der Waals surface area (Å²) >= 11 is 9.50. The van der Waals surface area contributed by atoms with E-state index in [1.165, 1.54) is 5.56 Å². The van der Waals surface area contributed by atoms with Crippen molar-refractivity contribution in [3.63, 3.8) is 0 Å².